The van der Waals surface area contributed by atoms with Crippen molar-refractivity contribution in [1.82, 2.24) is 10.2 Å². The highest BCUT2D eigenvalue weighted by Gasteiger charge is 2.47. The van der Waals surface area contributed by atoms with E-state index < -0.39 is 0 Å². The van der Waals surface area contributed by atoms with Crippen LogP contribution in [0, 0.1) is 5.92 Å². The summed E-state index contributed by atoms with van der Waals surface area (Å²) in [5, 5.41) is 3.07. The first-order valence-electron chi connectivity index (χ1n) is 10.6. The molecule has 2 aromatic rings. The molecule has 5 nitrogen and oxygen atoms in total. The molecule has 1 aliphatic carbocycles. The van der Waals surface area contributed by atoms with Gasteiger partial charge in [0.25, 0.3) is 5.91 Å². The summed E-state index contributed by atoms with van der Waals surface area (Å²) in [7, 11) is 0. The molecule has 3 atom stereocenters. The number of amides is 2. The molecule has 1 heterocycles. The van der Waals surface area contributed by atoms with E-state index in [-0.39, 0.29) is 23.9 Å². The van der Waals surface area contributed by atoms with Crippen molar-refractivity contribution >= 4 is 17.5 Å². The van der Waals surface area contributed by atoms with Gasteiger partial charge in [-0.15, -0.1) is 0 Å². The van der Waals surface area contributed by atoms with E-state index >= 15 is 0 Å². The Bertz CT molecular complexity index is 850. The molecule has 29 heavy (non-hydrogen) atoms. The fourth-order valence-corrected chi connectivity index (χ4v) is 4.85. The minimum absolute atomic E-state index is 0.0151. The fourth-order valence-electron chi connectivity index (χ4n) is 4.85. The van der Waals surface area contributed by atoms with Crippen molar-refractivity contribution in [3.8, 4) is 0 Å². The lowest BCUT2D eigenvalue weighted by molar-refractivity contribution is -0.125. The molecule has 152 valence electrons. The van der Waals surface area contributed by atoms with Crippen LogP contribution in [-0.2, 0) is 11.2 Å². The summed E-state index contributed by atoms with van der Waals surface area (Å²) < 4.78 is 0. The smallest absolute Gasteiger partial charge is 0.254 e. The number of hydrogen-bond donors (Lipinski definition) is 2. The highest BCUT2D eigenvalue weighted by atomic mass is 16.2. The zero-order valence-corrected chi connectivity index (χ0v) is 16.7. The Labute approximate surface area is 172 Å². The minimum Gasteiger partial charge on any atom is -0.399 e. The maximum Gasteiger partial charge on any atom is 0.254 e. The molecular weight excluding hydrogens is 362 g/mol. The van der Waals surface area contributed by atoms with Gasteiger partial charge in [-0.25, -0.2) is 0 Å². The number of carbonyl (C=O) groups is 2. The molecule has 0 aromatic heterocycles. The normalized spacial score (nSPS) is 23.4. The largest absolute Gasteiger partial charge is 0.399 e. The number of hydrogen-bond acceptors (Lipinski definition) is 3. The number of anilines is 1. The first-order valence-corrected chi connectivity index (χ1v) is 10.6. The molecule has 4 rings (SSSR count). The molecule has 5 heteroatoms. The van der Waals surface area contributed by atoms with E-state index in [4.69, 9.17) is 5.73 Å². The van der Waals surface area contributed by atoms with Crippen molar-refractivity contribution in [3.05, 3.63) is 65.7 Å². The second-order valence-corrected chi connectivity index (χ2v) is 8.22. The number of rotatable bonds is 5. The predicted molar refractivity (Wildman–Crippen MR) is 114 cm³/mol. The second kappa shape index (κ2) is 8.68. The summed E-state index contributed by atoms with van der Waals surface area (Å²) in [6.07, 6.45) is 5.96. The molecule has 2 aliphatic rings. The van der Waals surface area contributed by atoms with E-state index in [1.807, 2.05) is 59.5 Å². The molecule has 2 fully saturated rings. The molecule has 3 N–H and O–H groups in total. The number of nitrogens with zero attached hydrogens (tertiary/aromatic N) is 1. The monoisotopic (exact) mass is 391 g/mol. The maximum absolute atomic E-state index is 13.3. The van der Waals surface area contributed by atoms with Gasteiger partial charge in [-0.05, 0) is 61.4 Å². The number of fused-ring (bicyclic) bond motifs is 1. The third-order valence-electron chi connectivity index (χ3n) is 6.34. The number of nitrogens with one attached hydrogen (secondary N) is 1. The molecule has 1 saturated heterocycles. The zero-order valence-electron chi connectivity index (χ0n) is 16.7. The Balaban J connectivity index is 1.45. The summed E-state index contributed by atoms with van der Waals surface area (Å²) in [5.74, 6) is 0.391. The van der Waals surface area contributed by atoms with Crippen LogP contribution in [0.3, 0.4) is 0 Å². The molecular formula is C24H29N3O2. The Hall–Kier alpha value is -2.82. The van der Waals surface area contributed by atoms with Crippen molar-refractivity contribution in [2.75, 3.05) is 12.3 Å². The molecule has 2 amide bonds. The predicted octanol–water partition coefficient (Wildman–Crippen LogP) is 3.40. The van der Waals surface area contributed by atoms with Gasteiger partial charge < -0.3 is 16.0 Å². The molecule has 1 aliphatic heterocycles. The van der Waals surface area contributed by atoms with E-state index in [2.05, 4.69) is 5.32 Å². The average molecular weight is 392 g/mol. The van der Waals surface area contributed by atoms with Crippen LogP contribution in [0.4, 0.5) is 5.69 Å². The van der Waals surface area contributed by atoms with Gasteiger partial charge in [0, 0.05) is 23.8 Å². The van der Waals surface area contributed by atoms with Crippen LogP contribution in [0.2, 0.25) is 0 Å². The highest BCUT2D eigenvalue weighted by Crippen LogP contribution is 2.40. The van der Waals surface area contributed by atoms with Crippen LogP contribution in [0.5, 0.6) is 0 Å². The van der Waals surface area contributed by atoms with Crippen molar-refractivity contribution in [3.63, 3.8) is 0 Å². The van der Waals surface area contributed by atoms with Gasteiger partial charge >= 0.3 is 0 Å². The topological polar surface area (TPSA) is 75.4 Å². The zero-order chi connectivity index (χ0) is 20.2. The summed E-state index contributed by atoms with van der Waals surface area (Å²) >= 11 is 0. The van der Waals surface area contributed by atoms with Gasteiger partial charge in [-0.3, -0.25) is 9.59 Å². The number of likely N-dealkylation sites (tertiary alicyclic amines) is 1. The molecule has 0 bridgehead atoms. The Morgan fingerprint density at radius 3 is 2.48 bits per heavy atom. The Morgan fingerprint density at radius 1 is 1.00 bits per heavy atom. The average Bonchev–Trinajstić information content (AvgIpc) is 3.15. The van der Waals surface area contributed by atoms with E-state index in [0.717, 1.165) is 43.4 Å². The van der Waals surface area contributed by atoms with Gasteiger partial charge in [0.1, 0.15) is 6.04 Å². The third-order valence-corrected chi connectivity index (χ3v) is 6.34. The van der Waals surface area contributed by atoms with Crippen molar-refractivity contribution in [2.24, 2.45) is 5.92 Å². The number of benzene rings is 2. The number of nitrogen functional groups attached to an aromatic ring is 1. The van der Waals surface area contributed by atoms with Crippen LogP contribution in [0.15, 0.2) is 54.6 Å². The number of carbonyl (C=O) groups excluding carboxylic acids is 2. The molecule has 0 radical (unpaired) electrons. The van der Waals surface area contributed by atoms with E-state index in [1.54, 1.807) is 0 Å². The first-order chi connectivity index (χ1) is 14.1. The lowest BCUT2D eigenvalue weighted by atomic mass is 9.84. The van der Waals surface area contributed by atoms with Crippen LogP contribution >= 0.6 is 0 Å². The molecule has 2 aromatic carbocycles. The Kier molecular flexibility index (Phi) is 5.84. The summed E-state index contributed by atoms with van der Waals surface area (Å²) in [5.41, 5.74) is 8.27. The fraction of sp³-hybridized carbons (Fsp3) is 0.417. The van der Waals surface area contributed by atoms with E-state index in [9.17, 15) is 9.59 Å². The summed E-state index contributed by atoms with van der Waals surface area (Å²) in [6.45, 7) is 0.557. The first kappa shape index (κ1) is 19.5. The van der Waals surface area contributed by atoms with E-state index in [1.165, 1.54) is 6.42 Å². The second-order valence-electron chi connectivity index (χ2n) is 8.22. The highest BCUT2D eigenvalue weighted by molar-refractivity contribution is 5.98. The van der Waals surface area contributed by atoms with Gasteiger partial charge in [0.15, 0.2) is 0 Å². The SMILES string of the molecule is Nc1ccc(CCNC(=O)C2CC3CCCCC3N2C(=O)c2ccccc2)cc1. The number of nitrogens with two attached hydrogens (primary N) is 1. The van der Waals surface area contributed by atoms with Gasteiger partial charge in [-0.2, -0.15) is 0 Å². The summed E-state index contributed by atoms with van der Waals surface area (Å²) in [4.78, 5) is 28.2. The molecule has 3 unspecified atom stereocenters. The third kappa shape index (κ3) is 4.29. The van der Waals surface area contributed by atoms with Crippen LogP contribution < -0.4 is 11.1 Å². The van der Waals surface area contributed by atoms with Gasteiger partial charge in [-0.1, -0.05) is 43.2 Å². The molecule has 0 spiro atoms. The maximum atomic E-state index is 13.3. The van der Waals surface area contributed by atoms with Crippen LogP contribution in [0.25, 0.3) is 0 Å². The van der Waals surface area contributed by atoms with Crippen molar-refractivity contribution in [1.29, 1.82) is 0 Å². The summed E-state index contributed by atoms with van der Waals surface area (Å²) in [6, 6.07) is 16.9. The molecule has 1 saturated carbocycles. The minimum atomic E-state index is -0.373. The van der Waals surface area contributed by atoms with Crippen molar-refractivity contribution < 1.29 is 9.59 Å². The quantitative estimate of drug-likeness (QED) is 0.767. The lowest BCUT2D eigenvalue weighted by Crippen LogP contribution is -2.49. The standard InChI is InChI=1S/C24H29N3O2/c25-20-12-10-17(11-13-20)14-15-26-23(28)22-16-19-8-4-5-9-21(19)27(22)24(29)18-6-2-1-3-7-18/h1-3,6-7,10-13,19,21-22H,4-5,8-9,14-16,25H2,(H,26,28). The van der Waals surface area contributed by atoms with Crippen LogP contribution in [0.1, 0.15) is 48.0 Å². The van der Waals surface area contributed by atoms with E-state index in [0.29, 0.717) is 18.0 Å². The Morgan fingerprint density at radius 2 is 1.72 bits per heavy atom. The van der Waals surface area contributed by atoms with Crippen LogP contribution in [-0.4, -0.2) is 35.3 Å². The van der Waals surface area contributed by atoms with Crippen molar-refractivity contribution in [2.45, 2.75) is 50.6 Å². The van der Waals surface area contributed by atoms with Gasteiger partial charge in [0.2, 0.25) is 5.91 Å². The lowest BCUT2D eigenvalue weighted by Gasteiger charge is -2.33. The van der Waals surface area contributed by atoms with Gasteiger partial charge in [0.05, 0.1) is 0 Å².